The molecule has 0 bridgehead atoms. The van der Waals surface area contributed by atoms with Crippen molar-refractivity contribution in [1.82, 2.24) is 9.88 Å². The Morgan fingerprint density at radius 3 is 2.62 bits per heavy atom. The van der Waals surface area contributed by atoms with Crippen LogP contribution in [-0.2, 0) is 27.3 Å². The Bertz CT molecular complexity index is 773. The zero-order chi connectivity index (χ0) is 17.4. The molecule has 1 N–H and O–H groups in total. The van der Waals surface area contributed by atoms with Crippen LogP contribution in [0.15, 0.2) is 53.5 Å². The van der Waals surface area contributed by atoms with Crippen molar-refractivity contribution in [3.8, 4) is 0 Å². The van der Waals surface area contributed by atoms with Gasteiger partial charge in [-0.15, -0.1) is 0 Å². The maximum atomic E-state index is 13.4. The number of nitrogens with zero attached hydrogens (tertiary/aromatic N) is 1. The number of halogens is 1. The van der Waals surface area contributed by atoms with E-state index in [1.807, 2.05) is 0 Å². The van der Waals surface area contributed by atoms with Crippen molar-refractivity contribution < 1.29 is 18.7 Å². The molecule has 1 amide bonds. The molecule has 0 aliphatic rings. The number of carbonyl (C=O) groups excluding carboxylic acids is 2. The number of benzene rings is 1. The Hall–Kier alpha value is -2.96. The summed E-state index contributed by atoms with van der Waals surface area (Å²) in [5, 5.41) is 2.54. The van der Waals surface area contributed by atoms with E-state index in [9.17, 15) is 18.8 Å². The summed E-state index contributed by atoms with van der Waals surface area (Å²) in [6.45, 7) is -0.477. The van der Waals surface area contributed by atoms with Gasteiger partial charge < -0.3 is 14.6 Å². The van der Waals surface area contributed by atoms with Crippen LogP contribution in [-0.4, -0.2) is 29.6 Å². The Balaban J connectivity index is 1.69. The second-order valence-electron chi connectivity index (χ2n) is 5.02. The molecule has 0 atom stereocenters. The lowest BCUT2D eigenvalue weighted by molar-refractivity contribution is -0.149. The molecule has 0 unspecified atom stereocenters. The first kappa shape index (κ1) is 17.4. The molecule has 0 saturated carbocycles. The van der Waals surface area contributed by atoms with Crippen molar-refractivity contribution in [2.24, 2.45) is 0 Å². The molecular formula is C17H17FN2O4. The van der Waals surface area contributed by atoms with Crippen molar-refractivity contribution in [1.29, 1.82) is 0 Å². The van der Waals surface area contributed by atoms with Gasteiger partial charge in [-0.2, -0.15) is 0 Å². The van der Waals surface area contributed by atoms with Gasteiger partial charge in [0.25, 0.3) is 11.5 Å². The lowest BCUT2D eigenvalue weighted by Crippen LogP contribution is -2.32. The summed E-state index contributed by atoms with van der Waals surface area (Å²) >= 11 is 0. The summed E-state index contributed by atoms with van der Waals surface area (Å²) in [6.07, 6.45) is 1.80. The zero-order valence-corrected chi connectivity index (χ0v) is 12.9. The van der Waals surface area contributed by atoms with Gasteiger partial charge in [-0.25, -0.2) is 4.39 Å². The lowest BCUT2D eigenvalue weighted by atomic mass is 10.1. The summed E-state index contributed by atoms with van der Waals surface area (Å²) in [6, 6.07) is 10.8. The van der Waals surface area contributed by atoms with Gasteiger partial charge in [0, 0.05) is 18.8 Å². The van der Waals surface area contributed by atoms with E-state index in [1.54, 1.807) is 30.3 Å². The summed E-state index contributed by atoms with van der Waals surface area (Å²) < 4.78 is 19.4. The zero-order valence-electron chi connectivity index (χ0n) is 12.9. The van der Waals surface area contributed by atoms with Gasteiger partial charge in [0.1, 0.15) is 12.4 Å². The van der Waals surface area contributed by atoms with Crippen molar-refractivity contribution in [2.75, 3.05) is 13.2 Å². The minimum atomic E-state index is -0.687. The molecular weight excluding hydrogens is 315 g/mol. The fourth-order valence-corrected chi connectivity index (χ4v) is 2.01. The SMILES string of the molecule is O=C(COC(=O)Cn1ccccc1=O)NCCc1ccccc1F. The number of carbonyl (C=O) groups is 2. The molecule has 126 valence electrons. The van der Waals surface area contributed by atoms with Crippen molar-refractivity contribution >= 4 is 11.9 Å². The Labute approximate surface area is 137 Å². The highest BCUT2D eigenvalue weighted by Gasteiger charge is 2.09. The van der Waals surface area contributed by atoms with Gasteiger partial charge >= 0.3 is 5.97 Å². The molecule has 0 saturated heterocycles. The highest BCUT2D eigenvalue weighted by Crippen LogP contribution is 2.05. The van der Waals surface area contributed by atoms with Crippen LogP contribution in [0.25, 0.3) is 0 Å². The van der Waals surface area contributed by atoms with E-state index in [2.05, 4.69) is 5.32 Å². The minimum Gasteiger partial charge on any atom is -0.454 e. The molecule has 0 fully saturated rings. The van der Waals surface area contributed by atoms with Gasteiger partial charge in [0.2, 0.25) is 0 Å². The molecule has 0 spiro atoms. The molecule has 0 aliphatic carbocycles. The molecule has 6 nitrogen and oxygen atoms in total. The number of pyridine rings is 1. The van der Waals surface area contributed by atoms with Crippen LogP contribution in [0.4, 0.5) is 4.39 Å². The first-order valence-corrected chi connectivity index (χ1v) is 7.37. The number of nitrogens with one attached hydrogen (secondary N) is 1. The van der Waals surface area contributed by atoms with E-state index in [1.165, 1.54) is 22.9 Å². The van der Waals surface area contributed by atoms with Gasteiger partial charge in [-0.3, -0.25) is 14.4 Å². The predicted octanol–water partition coefficient (Wildman–Crippen LogP) is 0.889. The maximum absolute atomic E-state index is 13.4. The van der Waals surface area contributed by atoms with Gasteiger partial charge in [0.15, 0.2) is 6.61 Å². The average Bonchev–Trinajstić information content (AvgIpc) is 2.57. The molecule has 1 heterocycles. The Kier molecular flexibility index (Phi) is 6.24. The third kappa shape index (κ3) is 5.35. The quantitative estimate of drug-likeness (QED) is 0.764. The molecule has 0 aliphatic heterocycles. The Morgan fingerprint density at radius 1 is 1.12 bits per heavy atom. The molecule has 1 aromatic carbocycles. The number of amides is 1. The normalized spacial score (nSPS) is 10.2. The fourth-order valence-electron chi connectivity index (χ4n) is 2.01. The van der Waals surface area contributed by atoms with Crippen LogP contribution in [0, 0.1) is 5.82 Å². The number of ether oxygens (including phenoxy) is 1. The van der Waals surface area contributed by atoms with Crippen LogP contribution >= 0.6 is 0 Å². The van der Waals surface area contributed by atoms with Crippen LogP contribution in [0.3, 0.4) is 0 Å². The smallest absolute Gasteiger partial charge is 0.326 e. The average molecular weight is 332 g/mol. The standard InChI is InChI=1S/C17H17FN2O4/c18-14-6-2-1-5-13(14)8-9-19-15(21)12-24-17(23)11-20-10-4-3-7-16(20)22/h1-7,10H,8-9,11-12H2,(H,19,21). The first-order valence-electron chi connectivity index (χ1n) is 7.37. The van der Waals surface area contributed by atoms with Crippen LogP contribution in [0.2, 0.25) is 0 Å². The second kappa shape index (κ2) is 8.61. The molecule has 24 heavy (non-hydrogen) atoms. The number of hydrogen-bond acceptors (Lipinski definition) is 4. The number of rotatable bonds is 7. The summed E-state index contributed by atoms with van der Waals surface area (Å²) in [5.41, 5.74) is 0.169. The van der Waals surface area contributed by atoms with E-state index < -0.39 is 18.5 Å². The van der Waals surface area contributed by atoms with Crippen molar-refractivity contribution in [3.63, 3.8) is 0 Å². The first-order chi connectivity index (χ1) is 11.6. The van der Waals surface area contributed by atoms with Gasteiger partial charge in [-0.1, -0.05) is 24.3 Å². The van der Waals surface area contributed by atoms with E-state index in [0.717, 1.165) is 0 Å². The maximum Gasteiger partial charge on any atom is 0.326 e. The third-order valence-electron chi connectivity index (χ3n) is 3.24. The monoisotopic (exact) mass is 332 g/mol. The van der Waals surface area contributed by atoms with Crippen molar-refractivity contribution in [2.45, 2.75) is 13.0 Å². The lowest BCUT2D eigenvalue weighted by Gasteiger charge is -2.08. The third-order valence-corrected chi connectivity index (χ3v) is 3.24. The molecule has 0 radical (unpaired) electrons. The predicted molar refractivity (Wildman–Crippen MR) is 84.8 cm³/mol. The summed E-state index contributed by atoms with van der Waals surface area (Å²) in [4.78, 5) is 34.6. The van der Waals surface area contributed by atoms with E-state index in [-0.39, 0.29) is 24.5 Å². The van der Waals surface area contributed by atoms with Gasteiger partial charge in [-0.05, 0) is 24.1 Å². The highest BCUT2D eigenvalue weighted by molar-refractivity contribution is 5.80. The number of aromatic nitrogens is 1. The van der Waals surface area contributed by atoms with Crippen LogP contribution < -0.4 is 10.9 Å². The number of hydrogen-bond donors (Lipinski definition) is 1. The second-order valence-corrected chi connectivity index (χ2v) is 5.02. The Morgan fingerprint density at radius 2 is 1.88 bits per heavy atom. The van der Waals surface area contributed by atoms with E-state index >= 15 is 0 Å². The minimum absolute atomic E-state index is 0.232. The van der Waals surface area contributed by atoms with E-state index in [4.69, 9.17) is 4.74 Å². The van der Waals surface area contributed by atoms with Crippen LogP contribution in [0.5, 0.6) is 0 Å². The molecule has 7 heteroatoms. The number of esters is 1. The largest absolute Gasteiger partial charge is 0.454 e. The molecule has 2 rings (SSSR count). The topological polar surface area (TPSA) is 77.4 Å². The summed E-state index contributed by atoms with van der Waals surface area (Å²) in [7, 11) is 0. The van der Waals surface area contributed by atoms with Crippen LogP contribution in [0.1, 0.15) is 5.56 Å². The summed E-state index contributed by atoms with van der Waals surface area (Å²) in [5.74, 6) is -1.50. The van der Waals surface area contributed by atoms with Gasteiger partial charge in [0.05, 0.1) is 0 Å². The highest BCUT2D eigenvalue weighted by atomic mass is 19.1. The molecule has 1 aromatic heterocycles. The van der Waals surface area contributed by atoms with Crippen molar-refractivity contribution in [3.05, 3.63) is 70.4 Å². The van der Waals surface area contributed by atoms with E-state index in [0.29, 0.717) is 12.0 Å². The fraction of sp³-hybridized carbons (Fsp3) is 0.235. The molecule has 2 aromatic rings.